The van der Waals surface area contributed by atoms with Crippen molar-refractivity contribution in [2.24, 2.45) is 0 Å². The van der Waals surface area contributed by atoms with Crippen LogP contribution < -0.4 is 5.73 Å². The quantitative estimate of drug-likeness (QED) is 0.594. The number of carboxylic acids is 1. The zero-order valence-electron chi connectivity index (χ0n) is 9.08. The van der Waals surface area contributed by atoms with Gasteiger partial charge in [-0.15, -0.1) is 11.6 Å². The van der Waals surface area contributed by atoms with Crippen molar-refractivity contribution in [3.8, 4) is 0 Å². The summed E-state index contributed by atoms with van der Waals surface area (Å²) < 4.78 is 0. The Labute approximate surface area is 100 Å². The zero-order valence-corrected chi connectivity index (χ0v) is 9.83. The summed E-state index contributed by atoms with van der Waals surface area (Å²) in [6.07, 6.45) is 2.38. The molecule has 0 fully saturated rings. The van der Waals surface area contributed by atoms with Crippen molar-refractivity contribution in [3.05, 3.63) is 29.3 Å². The second-order valence-corrected chi connectivity index (χ2v) is 4.09. The van der Waals surface area contributed by atoms with E-state index < -0.39 is 5.97 Å². The molecule has 3 N–H and O–H groups in total. The van der Waals surface area contributed by atoms with Crippen molar-refractivity contribution in [2.75, 3.05) is 11.6 Å². The third-order valence-electron chi connectivity index (χ3n) is 2.43. The van der Waals surface area contributed by atoms with Crippen LogP contribution in [0.1, 0.15) is 24.0 Å². The van der Waals surface area contributed by atoms with E-state index in [9.17, 15) is 4.79 Å². The average Bonchev–Trinajstić information content (AvgIpc) is 2.21. The highest BCUT2D eigenvalue weighted by atomic mass is 35.5. The molecule has 0 aliphatic heterocycles. The number of carboxylic acid groups (broad SMARTS) is 1. The highest BCUT2D eigenvalue weighted by Gasteiger charge is 2.04. The van der Waals surface area contributed by atoms with Gasteiger partial charge in [0.05, 0.1) is 0 Å². The molecule has 0 spiro atoms. The molecule has 0 amide bonds. The highest BCUT2D eigenvalue weighted by Crippen LogP contribution is 2.17. The summed E-state index contributed by atoms with van der Waals surface area (Å²) in [6, 6.07) is 5.71. The number of rotatable bonds is 6. The van der Waals surface area contributed by atoms with Gasteiger partial charge in [0.1, 0.15) is 0 Å². The first-order valence-electron chi connectivity index (χ1n) is 5.28. The van der Waals surface area contributed by atoms with Gasteiger partial charge in [0, 0.05) is 18.0 Å². The molecule has 1 aromatic carbocycles. The normalized spacial score (nSPS) is 10.3. The molecule has 0 unspecified atom stereocenters. The Morgan fingerprint density at radius 1 is 1.31 bits per heavy atom. The van der Waals surface area contributed by atoms with Crippen LogP contribution in [0.15, 0.2) is 18.2 Å². The molecule has 1 rings (SSSR count). The number of nitrogen functional groups attached to an aromatic ring is 1. The first kappa shape index (κ1) is 12.8. The standard InChI is InChI=1S/C12H16ClNO2/c13-7-6-10-8-11(14)5-4-9(10)2-1-3-12(15)16/h4-5,8H,1-3,6-7,14H2,(H,15,16). The van der Waals surface area contributed by atoms with Gasteiger partial charge in [-0.05, 0) is 42.5 Å². The number of alkyl halides is 1. The fourth-order valence-corrected chi connectivity index (χ4v) is 1.86. The average molecular weight is 242 g/mol. The number of hydrogen-bond donors (Lipinski definition) is 2. The van der Waals surface area contributed by atoms with E-state index in [0.717, 1.165) is 29.7 Å². The number of halogens is 1. The van der Waals surface area contributed by atoms with Crippen molar-refractivity contribution in [2.45, 2.75) is 25.7 Å². The minimum absolute atomic E-state index is 0.199. The summed E-state index contributed by atoms with van der Waals surface area (Å²) in [5.41, 5.74) is 8.70. The largest absolute Gasteiger partial charge is 0.481 e. The predicted molar refractivity (Wildman–Crippen MR) is 65.9 cm³/mol. The van der Waals surface area contributed by atoms with Crippen LogP contribution in [0, 0.1) is 0 Å². The minimum Gasteiger partial charge on any atom is -0.481 e. The van der Waals surface area contributed by atoms with Crippen molar-refractivity contribution in [1.29, 1.82) is 0 Å². The van der Waals surface area contributed by atoms with E-state index in [0.29, 0.717) is 12.3 Å². The van der Waals surface area contributed by atoms with Gasteiger partial charge in [-0.3, -0.25) is 4.79 Å². The molecular formula is C12H16ClNO2. The van der Waals surface area contributed by atoms with Crippen LogP contribution in [0.25, 0.3) is 0 Å². The fourth-order valence-electron chi connectivity index (χ4n) is 1.65. The second-order valence-electron chi connectivity index (χ2n) is 3.71. The SMILES string of the molecule is Nc1ccc(CCCC(=O)O)c(CCCl)c1. The molecule has 3 nitrogen and oxygen atoms in total. The lowest BCUT2D eigenvalue weighted by Gasteiger charge is -2.08. The Balaban J connectivity index is 2.66. The smallest absolute Gasteiger partial charge is 0.303 e. The van der Waals surface area contributed by atoms with Gasteiger partial charge in [0.2, 0.25) is 0 Å². The molecule has 16 heavy (non-hydrogen) atoms. The molecule has 0 aliphatic carbocycles. The van der Waals surface area contributed by atoms with Gasteiger partial charge in [0.15, 0.2) is 0 Å². The molecule has 0 radical (unpaired) electrons. The maximum absolute atomic E-state index is 10.4. The maximum atomic E-state index is 10.4. The Bertz CT molecular complexity index is 366. The number of nitrogens with two attached hydrogens (primary N) is 1. The third-order valence-corrected chi connectivity index (χ3v) is 2.62. The van der Waals surface area contributed by atoms with Gasteiger partial charge >= 0.3 is 5.97 Å². The molecule has 0 saturated carbocycles. The lowest BCUT2D eigenvalue weighted by atomic mass is 9.99. The molecular weight excluding hydrogens is 226 g/mol. The molecule has 0 saturated heterocycles. The molecule has 0 bridgehead atoms. The molecule has 0 heterocycles. The number of carbonyl (C=O) groups is 1. The molecule has 88 valence electrons. The van der Waals surface area contributed by atoms with E-state index in [1.165, 1.54) is 0 Å². The lowest BCUT2D eigenvalue weighted by molar-refractivity contribution is -0.137. The number of aryl methyl sites for hydroxylation is 2. The number of anilines is 1. The van der Waals surface area contributed by atoms with Gasteiger partial charge in [-0.1, -0.05) is 6.07 Å². The van der Waals surface area contributed by atoms with E-state index in [2.05, 4.69) is 0 Å². The summed E-state index contributed by atoms with van der Waals surface area (Å²) in [4.78, 5) is 10.4. The van der Waals surface area contributed by atoms with Crippen LogP contribution in [-0.2, 0) is 17.6 Å². The van der Waals surface area contributed by atoms with Crippen molar-refractivity contribution in [3.63, 3.8) is 0 Å². The summed E-state index contributed by atoms with van der Waals surface area (Å²) in [5, 5.41) is 8.57. The van der Waals surface area contributed by atoms with Crippen molar-refractivity contribution in [1.82, 2.24) is 0 Å². The second kappa shape index (κ2) is 6.38. The maximum Gasteiger partial charge on any atom is 0.303 e. The van der Waals surface area contributed by atoms with Crippen molar-refractivity contribution >= 4 is 23.3 Å². The van der Waals surface area contributed by atoms with Crippen LogP contribution in [0.4, 0.5) is 5.69 Å². The van der Waals surface area contributed by atoms with E-state index >= 15 is 0 Å². The summed E-state index contributed by atoms with van der Waals surface area (Å²) in [7, 11) is 0. The van der Waals surface area contributed by atoms with E-state index in [1.807, 2.05) is 18.2 Å². The van der Waals surface area contributed by atoms with E-state index in [1.54, 1.807) is 0 Å². The van der Waals surface area contributed by atoms with Crippen molar-refractivity contribution < 1.29 is 9.90 Å². The topological polar surface area (TPSA) is 63.3 Å². The van der Waals surface area contributed by atoms with Gasteiger partial charge in [-0.25, -0.2) is 0 Å². The van der Waals surface area contributed by atoms with Crippen LogP contribution in [-0.4, -0.2) is 17.0 Å². The monoisotopic (exact) mass is 241 g/mol. The number of hydrogen-bond acceptors (Lipinski definition) is 2. The van der Waals surface area contributed by atoms with E-state index in [-0.39, 0.29) is 6.42 Å². The molecule has 0 aromatic heterocycles. The van der Waals surface area contributed by atoms with E-state index in [4.69, 9.17) is 22.4 Å². The Hall–Kier alpha value is -1.22. The minimum atomic E-state index is -0.755. The summed E-state index contributed by atoms with van der Waals surface area (Å²) in [6.45, 7) is 0. The first-order chi connectivity index (χ1) is 7.63. The fraction of sp³-hybridized carbons (Fsp3) is 0.417. The number of aliphatic carboxylic acids is 1. The van der Waals surface area contributed by atoms with Gasteiger partial charge in [-0.2, -0.15) is 0 Å². The molecule has 4 heteroatoms. The zero-order chi connectivity index (χ0) is 12.0. The molecule has 0 atom stereocenters. The lowest BCUT2D eigenvalue weighted by Crippen LogP contribution is -2.00. The third kappa shape index (κ3) is 4.11. The predicted octanol–water partition coefficient (Wildman–Crippen LogP) is 2.46. The van der Waals surface area contributed by atoms with Crippen LogP contribution in [0.3, 0.4) is 0 Å². The van der Waals surface area contributed by atoms with Gasteiger partial charge in [0.25, 0.3) is 0 Å². The highest BCUT2D eigenvalue weighted by molar-refractivity contribution is 6.18. The van der Waals surface area contributed by atoms with Crippen LogP contribution >= 0.6 is 11.6 Å². The Morgan fingerprint density at radius 2 is 2.06 bits per heavy atom. The van der Waals surface area contributed by atoms with Gasteiger partial charge < -0.3 is 10.8 Å². The Kier molecular flexibility index (Phi) is 5.12. The Morgan fingerprint density at radius 3 is 2.69 bits per heavy atom. The van der Waals surface area contributed by atoms with Crippen LogP contribution in [0.2, 0.25) is 0 Å². The van der Waals surface area contributed by atoms with Crippen LogP contribution in [0.5, 0.6) is 0 Å². The number of benzene rings is 1. The molecule has 1 aromatic rings. The first-order valence-corrected chi connectivity index (χ1v) is 5.82. The molecule has 0 aliphatic rings. The summed E-state index contributed by atoms with van der Waals surface area (Å²) >= 11 is 5.71. The summed E-state index contributed by atoms with van der Waals surface area (Å²) in [5.74, 6) is -0.204.